The number of fused-ring (bicyclic) bond motifs is 5. The molecule has 0 unspecified atom stereocenters. The van der Waals surface area contributed by atoms with Crippen LogP contribution in [-0.4, -0.2) is 0 Å². The molecule has 0 aliphatic heterocycles. The summed E-state index contributed by atoms with van der Waals surface area (Å²) in [6, 6.07) is 72.3. The maximum absolute atomic E-state index is 8.75. The summed E-state index contributed by atoms with van der Waals surface area (Å²) in [7, 11) is 10.7. The van der Waals surface area contributed by atoms with Gasteiger partial charge < -0.3 is 0 Å². The highest BCUT2D eigenvalue weighted by molar-refractivity contribution is 5.99. The van der Waals surface area contributed by atoms with Gasteiger partial charge in [-0.05, 0) is 375 Å². The molecule has 0 amide bonds. The third-order valence-electron chi connectivity index (χ3n) is 33.2. The first-order chi connectivity index (χ1) is 69.0. The quantitative estimate of drug-likeness (QED) is 0.0569. The first kappa shape index (κ1) is 111. The van der Waals surface area contributed by atoms with Gasteiger partial charge in [0.1, 0.15) is 38.0 Å². The Labute approximate surface area is 884 Å². The van der Waals surface area contributed by atoms with Crippen LogP contribution < -0.4 is 22.8 Å². The summed E-state index contributed by atoms with van der Waals surface area (Å²) in [6.45, 7) is 86.4. The third kappa shape index (κ3) is 25.3. The van der Waals surface area contributed by atoms with Gasteiger partial charge in [0.15, 0.2) is 29.4 Å². The summed E-state index contributed by atoms with van der Waals surface area (Å²) in [4.78, 5) is 0. The normalized spacial score (nSPS) is 12.4. The van der Waals surface area contributed by atoms with Gasteiger partial charge in [-0.3, -0.25) is 0 Å². The fraction of sp³-hybridized carbons (Fsp3) is 0.464. The Morgan fingerprint density at radius 1 is 0.234 bits per heavy atom. The molecule has 0 aliphatic rings. The lowest BCUT2D eigenvalue weighted by molar-refractivity contribution is -0.665. The molecule has 5 heteroatoms. The second kappa shape index (κ2) is 47.6. The van der Waals surface area contributed by atoms with Crippen molar-refractivity contribution in [2.75, 3.05) is 0 Å². The fourth-order valence-corrected chi connectivity index (χ4v) is 22.6. The van der Waals surface area contributed by atoms with E-state index < -0.39 is 0 Å². The number of hydrogen-bond donors (Lipinski definition) is 0. The predicted octanol–water partition coefficient (Wildman–Crippen LogP) is 37.8. The van der Waals surface area contributed by atoms with E-state index in [0.29, 0.717) is 59.7 Å². The summed E-state index contributed by atoms with van der Waals surface area (Å²) in [6.07, 6.45) is 12.9. The lowest BCUT2D eigenvalue weighted by atomic mass is 9.76. The SMILES string of the molecule is CCC(CC)c1ccc2c(-c3cc(C(C)(C)C)cc(C)c3C)[n+](C)c(C)cc2c1.CCC(CC)c1ccc2c(-c3cc(C(C)(C)C)ccc3C)[n+](C)c(C)cc2c1.CCC(CC)c1ccc2c(-c3cc(C(C)C)cc(C)c3C)[n+](C)c(C)cc2c1.[2H]c1cc2cc(C(CC)CC)ccc2c(-c2cc(C(C)(C)C)cc(C(C)(C)C)c2C)[n+]1C.[2H]c1cc2cc(C(CC)CC)ccc2c(-c2cc(C(C)C)cc(C(C)C)c2C)[n+]1C. The largest absolute Gasteiger partial charge is 0.220 e. The highest BCUT2D eigenvalue weighted by Crippen LogP contribution is 2.45. The van der Waals surface area contributed by atoms with Crippen LogP contribution >= 0.6 is 0 Å². The lowest BCUT2D eigenvalue weighted by Gasteiger charge is -2.28. The number of pyridine rings is 5. The summed E-state index contributed by atoms with van der Waals surface area (Å²) in [5, 5.41) is 12.9. The topological polar surface area (TPSA) is 19.4 Å². The summed E-state index contributed by atoms with van der Waals surface area (Å²) in [5.41, 5.74) is 43.6. The minimum Gasteiger partial charge on any atom is -0.200 e. The van der Waals surface area contributed by atoms with Gasteiger partial charge in [0.05, 0.1) is 54.7 Å². The monoisotopic (exact) mass is 1940 g/mol. The minimum atomic E-state index is 0.0513. The highest BCUT2D eigenvalue weighted by atomic mass is 15.0. The van der Waals surface area contributed by atoms with Crippen LogP contribution in [-0.2, 0) is 56.9 Å². The van der Waals surface area contributed by atoms with E-state index in [1.807, 2.05) is 26.2 Å². The van der Waals surface area contributed by atoms with E-state index in [2.05, 4.69) is 483 Å². The molecular formula is C140H190N5+5. The first-order valence-electron chi connectivity index (χ1n) is 56.8. The van der Waals surface area contributed by atoms with E-state index >= 15 is 0 Å². The summed E-state index contributed by atoms with van der Waals surface area (Å²) < 4.78 is 28.6. The molecule has 15 rings (SSSR count). The molecule has 770 valence electrons. The molecule has 0 N–H and O–H groups in total. The van der Waals surface area contributed by atoms with Crippen molar-refractivity contribution in [2.45, 2.75) is 396 Å². The maximum atomic E-state index is 8.75. The summed E-state index contributed by atoms with van der Waals surface area (Å²) in [5.74, 6) is 4.57. The van der Waals surface area contributed by atoms with Gasteiger partial charge in [-0.2, -0.15) is 13.7 Å². The van der Waals surface area contributed by atoms with Crippen LogP contribution in [0.25, 0.3) is 110 Å². The number of rotatable bonds is 23. The molecule has 0 aliphatic carbocycles. The van der Waals surface area contributed by atoms with Crippen molar-refractivity contribution in [3.05, 3.63) is 323 Å². The van der Waals surface area contributed by atoms with Gasteiger partial charge >= 0.3 is 0 Å². The minimum absolute atomic E-state index is 0.0513. The zero-order valence-electron chi connectivity index (χ0n) is 101. The Balaban J connectivity index is 0.000000175. The second-order valence-corrected chi connectivity index (χ2v) is 48.2. The van der Waals surface area contributed by atoms with Crippen molar-refractivity contribution in [1.82, 2.24) is 0 Å². The van der Waals surface area contributed by atoms with Crippen molar-refractivity contribution < 1.29 is 25.6 Å². The number of aryl methyl sites for hydroxylation is 6. The third-order valence-corrected chi connectivity index (χ3v) is 33.2. The van der Waals surface area contributed by atoms with E-state index in [0.717, 1.165) is 37.1 Å². The Morgan fingerprint density at radius 3 is 0.834 bits per heavy atom. The second-order valence-electron chi connectivity index (χ2n) is 48.2. The van der Waals surface area contributed by atoms with Crippen molar-refractivity contribution in [3.63, 3.8) is 0 Å². The van der Waals surface area contributed by atoms with Crippen molar-refractivity contribution in [3.8, 4) is 56.3 Å². The maximum Gasteiger partial charge on any atom is 0.220 e. The summed E-state index contributed by atoms with van der Waals surface area (Å²) >= 11 is 0. The van der Waals surface area contributed by atoms with E-state index in [4.69, 9.17) is 2.74 Å². The molecule has 0 bridgehead atoms. The Kier molecular flexibility index (Phi) is 36.6. The van der Waals surface area contributed by atoms with Crippen molar-refractivity contribution in [2.24, 2.45) is 35.2 Å². The molecule has 5 heterocycles. The van der Waals surface area contributed by atoms with Crippen molar-refractivity contribution >= 4 is 53.9 Å². The lowest BCUT2D eigenvalue weighted by Crippen LogP contribution is -2.35. The number of benzene rings is 10. The Morgan fingerprint density at radius 2 is 0.517 bits per heavy atom. The van der Waals surface area contributed by atoms with E-state index in [1.165, 1.54) is 260 Å². The van der Waals surface area contributed by atoms with Gasteiger partial charge in [-0.15, -0.1) is 0 Å². The zero-order chi connectivity index (χ0) is 109. The number of nitrogens with zero attached hydrogens (tertiary/aromatic N) is 5. The number of hydrogen-bond acceptors (Lipinski definition) is 0. The van der Waals surface area contributed by atoms with E-state index in [-0.39, 0.29) is 21.7 Å². The fourth-order valence-electron chi connectivity index (χ4n) is 22.6. The molecule has 0 spiro atoms. The van der Waals surface area contributed by atoms with Crippen molar-refractivity contribution in [1.29, 1.82) is 0 Å². The molecule has 10 aromatic carbocycles. The van der Waals surface area contributed by atoms with E-state index in [9.17, 15) is 0 Å². The molecule has 0 fully saturated rings. The van der Waals surface area contributed by atoms with Crippen LogP contribution in [0.15, 0.2) is 200 Å². The first-order valence-corrected chi connectivity index (χ1v) is 55.8. The van der Waals surface area contributed by atoms with Crippen LogP contribution in [0.1, 0.15) is 431 Å². The highest BCUT2D eigenvalue weighted by Gasteiger charge is 2.33. The molecular weight excluding hydrogens is 1750 g/mol. The van der Waals surface area contributed by atoms with Gasteiger partial charge in [0.2, 0.25) is 28.5 Å². The van der Waals surface area contributed by atoms with Crippen LogP contribution in [0, 0.1) is 69.2 Å². The molecule has 145 heavy (non-hydrogen) atoms. The molecule has 0 radical (unpaired) electrons. The number of aromatic nitrogens is 5. The molecule has 0 saturated heterocycles. The van der Waals surface area contributed by atoms with Gasteiger partial charge in [0.25, 0.3) is 0 Å². The molecule has 5 aromatic heterocycles. The van der Waals surface area contributed by atoms with Crippen LogP contribution in [0.5, 0.6) is 0 Å². The standard InChI is InChI=1S/C30H42N.2C28H38N.2C27H36N/c1-11-21(12-2)22-13-14-25-23(17-22)15-16-31(10)28(25)26-18-24(29(4,5)6)19-27(20(26)3)30(7,8)9;1-10-21(11-2)22-12-13-25-23(16-22)15-19(4)29(9)27(25)26-17-24(28(6,7)8)14-18(3)20(26)5;1-9-21(10-2)22-11-12-25-23(15-22)13-14-29(8)28(25)27-17-24(18(3)4)16-26(19(5)6)20(27)7;1-9-20(10-2)21-12-14-24-22(16-21)15-19(4)28(8)26(24)25-17-23(27(5,6)7)13-11-18(25)3;1-9-21(10-2)22-11-12-25-24(15-22)14-19(6)28(8)27(25)26-16-23(17(3)4)13-18(5)20(26)7/h13-19,21H,11-12H2,1-10H3;12-17,21H,10-11H2,1-9H3;11-19,21H,9-10H2,1-8H3;11-17,20H,9-10H2,1-8H3;11-17,21H,9-10H2,1-8H3/q5*+1/i16D;;14D;;. The molecule has 5 nitrogen and oxygen atoms in total. The van der Waals surface area contributed by atoms with Crippen LogP contribution in [0.2, 0.25) is 0 Å². The zero-order valence-corrected chi connectivity index (χ0v) is 98.8. The van der Waals surface area contributed by atoms with E-state index in [1.54, 1.807) is 0 Å². The van der Waals surface area contributed by atoms with Crippen LogP contribution in [0.3, 0.4) is 0 Å². The molecule has 15 aromatic rings. The predicted molar refractivity (Wildman–Crippen MR) is 634 cm³/mol. The molecule has 0 atom stereocenters. The molecule has 0 saturated carbocycles. The van der Waals surface area contributed by atoms with Gasteiger partial charge in [-0.25, -0.2) is 9.13 Å². The Hall–Kier alpha value is -10.8. The average Bonchev–Trinajstić information content (AvgIpc) is 1.66. The van der Waals surface area contributed by atoms with Crippen LogP contribution in [0.4, 0.5) is 0 Å². The van der Waals surface area contributed by atoms with Gasteiger partial charge in [-0.1, -0.05) is 291 Å². The van der Waals surface area contributed by atoms with Gasteiger partial charge in [0, 0.05) is 51.1 Å². The Bertz CT molecular complexity index is 7260. The smallest absolute Gasteiger partial charge is 0.200 e. The average molecular weight is 1950 g/mol.